The first-order chi connectivity index (χ1) is 19.0. The molecule has 4 aromatic rings. The van der Waals surface area contributed by atoms with Crippen molar-refractivity contribution in [2.24, 2.45) is 5.92 Å². The number of aryl methyl sites for hydroxylation is 1. The Labute approximate surface area is 238 Å². The number of carbonyl (C=O) groups is 2. The maximum Gasteiger partial charge on any atom is 0.245 e. The molecule has 6 nitrogen and oxygen atoms in total. The molecular weight excluding hydrogens is 496 g/mol. The van der Waals surface area contributed by atoms with Gasteiger partial charge in [0.15, 0.2) is 0 Å². The van der Waals surface area contributed by atoms with E-state index in [1.165, 1.54) is 0 Å². The Balaban J connectivity index is 1.64. The quantitative estimate of drug-likeness (QED) is 0.258. The minimum Gasteiger partial charge on any atom is -0.332 e. The van der Waals surface area contributed by atoms with Crippen molar-refractivity contribution in [3.05, 3.63) is 113 Å². The van der Waals surface area contributed by atoms with Gasteiger partial charge in [-0.1, -0.05) is 113 Å². The molecule has 0 aliphatic carbocycles. The predicted molar refractivity (Wildman–Crippen MR) is 162 cm³/mol. The lowest BCUT2D eigenvalue weighted by Crippen LogP contribution is -2.43. The highest BCUT2D eigenvalue weighted by Crippen LogP contribution is 2.29. The second kappa shape index (κ2) is 12.3. The Morgan fingerprint density at radius 2 is 1.43 bits per heavy atom. The zero-order valence-corrected chi connectivity index (χ0v) is 24.4. The van der Waals surface area contributed by atoms with E-state index < -0.39 is 5.92 Å². The van der Waals surface area contributed by atoms with Crippen molar-refractivity contribution >= 4 is 17.6 Å². The highest BCUT2D eigenvalue weighted by atomic mass is 16.2. The molecule has 0 saturated carbocycles. The predicted octanol–water partition coefficient (Wildman–Crippen LogP) is 6.73. The first-order valence-corrected chi connectivity index (χ1v) is 13.9. The van der Waals surface area contributed by atoms with Gasteiger partial charge in [-0.15, -0.1) is 0 Å². The molecule has 1 heterocycles. The molecular formula is C34H40N4O2. The fourth-order valence-electron chi connectivity index (χ4n) is 4.70. The Kier molecular flexibility index (Phi) is 8.88. The number of rotatable bonds is 9. The first kappa shape index (κ1) is 28.8. The summed E-state index contributed by atoms with van der Waals surface area (Å²) in [6.07, 6.45) is 0. The second-order valence-corrected chi connectivity index (χ2v) is 11.8. The van der Waals surface area contributed by atoms with Crippen LogP contribution in [0.2, 0.25) is 0 Å². The van der Waals surface area contributed by atoms with Crippen LogP contribution >= 0.6 is 0 Å². The molecule has 4 rings (SSSR count). The summed E-state index contributed by atoms with van der Waals surface area (Å²) >= 11 is 0. The number of carbonyl (C=O) groups excluding carboxylic acids is 2. The fourth-order valence-corrected chi connectivity index (χ4v) is 4.70. The zero-order chi connectivity index (χ0) is 28.9. The third kappa shape index (κ3) is 7.06. The number of benzene rings is 3. The average molecular weight is 537 g/mol. The maximum atomic E-state index is 14.2. The number of hydrogen-bond acceptors (Lipinski definition) is 3. The number of hydrogen-bond donors (Lipinski definition) is 1. The highest BCUT2D eigenvalue weighted by Gasteiger charge is 2.30. The molecule has 2 amide bonds. The lowest BCUT2D eigenvalue weighted by molar-refractivity contribution is -0.135. The van der Waals surface area contributed by atoms with Crippen LogP contribution in [-0.2, 0) is 15.0 Å². The van der Waals surface area contributed by atoms with Crippen LogP contribution in [0.4, 0.5) is 5.82 Å². The summed E-state index contributed by atoms with van der Waals surface area (Å²) in [5.41, 5.74) is 4.48. The number of nitrogens with zero attached hydrogens (tertiary/aromatic N) is 3. The molecule has 0 radical (unpaired) electrons. The number of nitrogens with one attached hydrogen (secondary N) is 1. The molecule has 0 bridgehead atoms. The minimum absolute atomic E-state index is 0.0584. The Hall–Kier alpha value is -4.19. The van der Waals surface area contributed by atoms with Gasteiger partial charge in [-0.2, -0.15) is 5.10 Å². The number of aromatic nitrogens is 2. The van der Waals surface area contributed by atoms with Gasteiger partial charge in [-0.25, -0.2) is 4.68 Å². The van der Waals surface area contributed by atoms with Crippen LogP contribution in [0.3, 0.4) is 0 Å². The van der Waals surface area contributed by atoms with Crippen LogP contribution < -0.4 is 5.32 Å². The summed E-state index contributed by atoms with van der Waals surface area (Å²) in [7, 11) is 0. The van der Waals surface area contributed by atoms with E-state index in [1.807, 2.05) is 97.9 Å². The summed E-state index contributed by atoms with van der Waals surface area (Å²) in [6, 6.07) is 29.5. The summed E-state index contributed by atoms with van der Waals surface area (Å²) in [5.74, 6) is -0.0845. The van der Waals surface area contributed by atoms with Gasteiger partial charge in [-0.05, 0) is 36.1 Å². The van der Waals surface area contributed by atoms with Crippen molar-refractivity contribution in [1.29, 1.82) is 0 Å². The van der Waals surface area contributed by atoms with Crippen LogP contribution in [0.5, 0.6) is 0 Å². The third-order valence-electron chi connectivity index (χ3n) is 6.77. The van der Waals surface area contributed by atoms with E-state index in [0.717, 1.165) is 28.1 Å². The highest BCUT2D eigenvalue weighted by molar-refractivity contribution is 5.96. The molecule has 208 valence electrons. The van der Waals surface area contributed by atoms with E-state index in [2.05, 4.69) is 39.9 Å². The maximum absolute atomic E-state index is 14.2. The Morgan fingerprint density at radius 3 is 1.93 bits per heavy atom. The average Bonchev–Trinajstić information content (AvgIpc) is 3.34. The molecule has 0 aliphatic heterocycles. The topological polar surface area (TPSA) is 67.2 Å². The van der Waals surface area contributed by atoms with Crippen molar-refractivity contribution in [2.75, 3.05) is 18.4 Å². The normalized spacial score (nSPS) is 11.6. The fraction of sp³-hybridized carbons (Fsp3) is 0.324. The van der Waals surface area contributed by atoms with Gasteiger partial charge < -0.3 is 10.2 Å². The molecule has 0 spiro atoms. The minimum atomic E-state index is -0.500. The van der Waals surface area contributed by atoms with Gasteiger partial charge >= 0.3 is 0 Å². The Bertz CT molecular complexity index is 1380. The van der Waals surface area contributed by atoms with Crippen LogP contribution in [0.25, 0.3) is 5.69 Å². The molecule has 0 unspecified atom stereocenters. The monoisotopic (exact) mass is 536 g/mol. The molecule has 6 heteroatoms. The molecule has 3 aromatic carbocycles. The standard InChI is InChI=1S/C34H40N4O2/c1-24(2)22-37(33(40)32(26-13-9-7-10-14-26)27-15-11-8-12-16-27)23-31(39)35-30-21-29(34(4,5)6)36-38(30)28-19-17-25(3)18-20-28/h7-21,24,32H,22-23H2,1-6H3,(H,35,39). The van der Waals surface area contributed by atoms with Crippen molar-refractivity contribution in [2.45, 2.75) is 52.9 Å². The SMILES string of the molecule is Cc1ccc(-n2nc(C(C)(C)C)cc2NC(=O)CN(CC(C)C)C(=O)C(c2ccccc2)c2ccccc2)cc1. The summed E-state index contributed by atoms with van der Waals surface area (Å²) < 4.78 is 1.77. The number of anilines is 1. The van der Waals surface area contributed by atoms with Gasteiger partial charge in [0.25, 0.3) is 0 Å². The third-order valence-corrected chi connectivity index (χ3v) is 6.77. The van der Waals surface area contributed by atoms with Gasteiger partial charge in [0.2, 0.25) is 11.8 Å². The largest absolute Gasteiger partial charge is 0.332 e. The summed E-state index contributed by atoms with van der Waals surface area (Å²) in [6.45, 7) is 12.8. The molecule has 0 atom stereocenters. The Morgan fingerprint density at radius 1 is 0.875 bits per heavy atom. The molecule has 0 saturated heterocycles. The van der Waals surface area contributed by atoms with Crippen molar-refractivity contribution in [1.82, 2.24) is 14.7 Å². The van der Waals surface area contributed by atoms with E-state index in [0.29, 0.717) is 12.4 Å². The lowest BCUT2D eigenvalue weighted by Gasteiger charge is -2.29. The van der Waals surface area contributed by atoms with E-state index in [4.69, 9.17) is 5.10 Å². The zero-order valence-electron chi connectivity index (χ0n) is 24.4. The van der Waals surface area contributed by atoms with Gasteiger partial charge in [-0.3, -0.25) is 9.59 Å². The second-order valence-electron chi connectivity index (χ2n) is 11.8. The molecule has 0 aliphatic rings. The van der Waals surface area contributed by atoms with Crippen molar-refractivity contribution < 1.29 is 9.59 Å². The van der Waals surface area contributed by atoms with Gasteiger partial charge in [0.1, 0.15) is 5.82 Å². The van der Waals surface area contributed by atoms with E-state index in [1.54, 1.807) is 9.58 Å². The van der Waals surface area contributed by atoms with Crippen LogP contribution in [-0.4, -0.2) is 39.6 Å². The first-order valence-electron chi connectivity index (χ1n) is 13.9. The van der Waals surface area contributed by atoms with Crippen molar-refractivity contribution in [3.63, 3.8) is 0 Å². The van der Waals surface area contributed by atoms with Gasteiger partial charge in [0.05, 0.1) is 23.8 Å². The van der Waals surface area contributed by atoms with Gasteiger partial charge in [0, 0.05) is 18.0 Å². The number of amides is 2. The molecule has 0 fully saturated rings. The lowest BCUT2D eigenvalue weighted by atomic mass is 9.89. The van der Waals surface area contributed by atoms with Crippen LogP contribution in [0.15, 0.2) is 91.0 Å². The van der Waals surface area contributed by atoms with Crippen molar-refractivity contribution in [3.8, 4) is 5.69 Å². The smallest absolute Gasteiger partial charge is 0.245 e. The van der Waals surface area contributed by atoms with Crippen LogP contribution in [0, 0.1) is 12.8 Å². The molecule has 1 aromatic heterocycles. The molecule has 40 heavy (non-hydrogen) atoms. The summed E-state index contributed by atoms with van der Waals surface area (Å²) in [5, 5.41) is 7.89. The van der Waals surface area contributed by atoms with Crippen LogP contribution in [0.1, 0.15) is 62.9 Å². The van der Waals surface area contributed by atoms with E-state index >= 15 is 0 Å². The summed E-state index contributed by atoms with van der Waals surface area (Å²) in [4.78, 5) is 29.4. The molecule has 1 N–H and O–H groups in total. The van der Waals surface area contributed by atoms with E-state index in [9.17, 15) is 9.59 Å². The van der Waals surface area contributed by atoms with E-state index in [-0.39, 0.29) is 29.7 Å².